The Labute approximate surface area is 188 Å². The number of aromatic hydroxyl groups is 1. The lowest BCUT2D eigenvalue weighted by Crippen LogP contribution is -2.44. The summed E-state index contributed by atoms with van der Waals surface area (Å²) in [5, 5.41) is 11.4. The highest BCUT2D eigenvalue weighted by Gasteiger charge is 2.29. The molecule has 0 spiro atoms. The number of ether oxygens (including phenoxy) is 2. The van der Waals surface area contributed by atoms with Gasteiger partial charge in [-0.05, 0) is 76.1 Å². The highest BCUT2D eigenvalue weighted by molar-refractivity contribution is 5.81. The van der Waals surface area contributed by atoms with Gasteiger partial charge in [-0.2, -0.15) is 0 Å². The van der Waals surface area contributed by atoms with Crippen LogP contribution in [0.2, 0.25) is 0 Å². The third-order valence-corrected chi connectivity index (χ3v) is 5.34. The number of morpholine rings is 1. The molecule has 0 radical (unpaired) electrons. The van der Waals surface area contributed by atoms with Gasteiger partial charge in [-0.15, -0.1) is 0 Å². The van der Waals surface area contributed by atoms with Crippen molar-refractivity contribution in [1.82, 2.24) is 14.9 Å². The molecule has 0 aliphatic carbocycles. The molecule has 0 unspecified atom stereocenters. The summed E-state index contributed by atoms with van der Waals surface area (Å²) in [6.07, 6.45) is -0.710. The summed E-state index contributed by atoms with van der Waals surface area (Å²) in [5.74, 6) is 0.203. The molecule has 1 aromatic carbocycles. The summed E-state index contributed by atoms with van der Waals surface area (Å²) in [6, 6.07) is 11.4. The minimum atomic E-state index is -0.550. The summed E-state index contributed by atoms with van der Waals surface area (Å²) in [4.78, 5) is 23.6. The van der Waals surface area contributed by atoms with Crippen molar-refractivity contribution >= 4 is 17.1 Å². The number of nitrogens with zero attached hydrogens (tertiary/aromatic N) is 3. The van der Waals surface area contributed by atoms with E-state index in [2.05, 4.69) is 0 Å². The number of rotatable bonds is 2. The van der Waals surface area contributed by atoms with Crippen LogP contribution in [0.25, 0.3) is 22.3 Å². The number of pyridine rings is 2. The number of carbonyl (C=O) groups excluding carboxylic acids is 1. The molecular weight excluding hydrogens is 406 g/mol. The average molecular weight is 436 g/mol. The highest BCUT2D eigenvalue weighted by atomic mass is 16.6. The predicted molar refractivity (Wildman–Crippen MR) is 123 cm³/mol. The molecule has 1 saturated heterocycles. The van der Waals surface area contributed by atoms with Crippen LogP contribution in [0.5, 0.6) is 5.75 Å². The first-order valence-corrected chi connectivity index (χ1v) is 10.8. The van der Waals surface area contributed by atoms with Gasteiger partial charge in [-0.3, -0.25) is 0 Å². The molecule has 1 atom stereocenters. The zero-order valence-electron chi connectivity index (χ0n) is 19.2. The van der Waals surface area contributed by atoms with Gasteiger partial charge in [0.15, 0.2) is 5.65 Å². The topological polar surface area (TPSA) is 84.8 Å². The lowest BCUT2D eigenvalue weighted by atomic mass is 10.0. The van der Waals surface area contributed by atoms with Gasteiger partial charge in [-0.25, -0.2) is 14.8 Å². The number of benzene rings is 1. The summed E-state index contributed by atoms with van der Waals surface area (Å²) in [6.45, 7) is 10.7. The number of phenolic OH excluding ortho intramolecular Hbond substituents is 1. The first-order valence-electron chi connectivity index (χ1n) is 10.8. The van der Waals surface area contributed by atoms with Crippen LogP contribution < -0.4 is 0 Å². The number of phenols is 1. The number of hydrogen-bond donors (Lipinski definition) is 1. The Morgan fingerprint density at radius 3 is 2.62 bits per heavy atom. The van der Waals surface area contributed by atoms with Crippen molar-refractivity contribution in [1.29, 1.82) is 0 Å². The Morgan fingerprint density at radius 1 is 1.16 bits per heavy atom. The molecule has 4 rings (SSSR count). The lowest BCUT2D eigenvalue weighted by molar-refractivity contribution is -0.0446. The van der Waals surface area contributed by atoms with E-state index in [0.29, 0.717) is 42.3 Å². The van der Waals surface area contributed by atoms with E-state index in [1.165, 1.54) is 0 Å². The fraction of sp³-hybridized carbons (Fsp3) is 0.400. The molecule has 3 heterocycles. The molecule has 1 aliphatic heterocycles. The molecule has 1 aliphatic rings. The number of amides is 1. The van der Waals surface area contributed by atoms with Crippen LogP contribution in [-0.4, -0.2) is 51.4 Å². The first-order chi connectivity index (χ1) is 15.1. The first kappa shape index (κ1) is 22.0. The van der Waals surface area contributed by atoms with E-state index in [-0.39, 0.29) is 17.9 Å². The van der Waals surface area contributed by atoms with Crippen LogP contribution in [-0.2, 0) is 9.47 Å². The number of aryl methyl sites for hydroxylation is 2. The van der Waals surface area contributed by atoms with Crippen molar-refractivity contribution in [3.05, 3.63) is 53.2 Å². The van der Waals surface area contributed by atoms with E-state index in [9.17, 15) is 9.90 Å². The van der Waals surface area contributed by atoms with Crippen molar-refractivity contribution in [2.24, 2.45) is 0 Å². The maximum Gasteiger partial charge on any atom is 0.410 e. The van der Waals surface area contributed by atoms with Gasteiger partial charge in [0.1, 0.15) is 17.5 Å². The summed E-state index contributed by atoms with van der Waals surface area (Å²) >= 11 is 0. The standard InChI is InChI=1S/C25H29N3O4/c1-15-12-16(2)22(20(29)13-15)19-9-7-17-6-8-18(26-23(17)27-19)21-14-28(10-11-31-21)24(30)32-25(3,4)5/h6-9,12-13,21,29H,10-11,14H2,1-5H3/t21-/m1/s1. The van der Waals surface area contributed by atoms with E-state index in [1.807, 2.05) is 65.0 Å². The van der Waals surface area contributed by atoms with Gasteiger partial charge in [0.2, 0.25) is 0 Å². The minimum absolute atomic E-state index is 0.203. The van der Waals surface area contributed by atoms with Crippen molar-refractivity contribution in [2.75, 3.05) is 19.7 Å². The van der Waals surface area contributed by atoms with Crippen molar-refractivity contribution in [2.45, 2.75) is 46.3 Å². The fourth-order valence-corrected chi connectivity index (χ4v) is 3.93. The van der Waals surface area contributed by atoms with Crippen LogP contribution in [0, 0.1) is 13.8 Å². The molecule has 1 amide bonds. The second-order valence-corrected chi connectivity index (χ2v) is 9.24. The Bertz CT molecular complexity index is 1150. The van der Waals surface area contributed by atoms with E-state index in [0.717, 1.165) is 16.5 Å². The number of carbonyl (C=O) groups is 1. The second kappa shape index (κ2) is 8.39. The van der Waals surface area contributed by atoms with Crippen molar-refractivity contribution in [3.8, 4) is 17.0 Å². The third kappa shape index (κ3) is 4.67. The van der Waals surface area contributed by atoms with Gasteiger partial charge in [0.25, 0.3) is 0 Å². The highest BCUT2D eigenvalue weighted by Crippen LogP contribution is 2.33. The molecule has 3 aromatic rings. The zero-order valence-corrected chi connectivity index (χ0v) is 19.2. The Kier molecular flexibility index (Phi) is 5.77. The van der Waals surface area contributed by atoms with E-state index in [1.54, 1.807) is 11.0 Å². The van der Waals surface area contributed by atoms with Gasteiger partial charge in [0, 0.05) is 17.5 Å². The van der Waals surface area contributed by atoms with Crippen LogP contribution >= 0.6 is 0 Å². The molecule has 2 aromatic heterocycles. The van der Waals surface area contributed by atoms with Crippen molar-refractivity contribution in [3.63, 3.8) is 0 Å². The summed E-state index contributed by atoms with van der Waals surface area (Å²) in [7, 11) is 0. The van der Waals surface area contributed by atoms with Crippen LogP contribution in [0.15, 0.2) is 36.4 Å². The number of hydrogen-bond acceptors (Lipinski definition) is 6. The Morgan fingerprint density at radius 2 is 1.91 bits per heavy atom. The molecule has 0 bridgehead atoms. The zero-order chi connectivity index (χ0) is 23.0. The third-order valence-electron chi connectivity index (χ3n) is 5.34. The van der Waals surface area contributed by atoms with Crippen LogP contribution in [0.1, 0.15) is 43.7 Å². The normalized spacial score (nSPS) is 16.9. The Balaban J connectivity index is 1.63. The van der Waals surface area contributed by atoms with E-state index >= 15 is 0 Å². The fourth-order valence-electron chi connectivity index (χ4n) is 3.93. The quantitative estimate of drug-likeness (QED) is 0.615. The molecule has 1 N–H and O–H groups in total. The Hall–Kier alpha value is -3.19. The van der Waals surface area contributed by atoms with E-state index in [4.69, 9.17) is 19.4 Å². The lowest BCUT2D eigenvalue weighted by Gasteiger charge is -2.34. The monoisotopic (exact) mass is 435 g/mol. The summed E-state index contributed by atoms with van der Waals surface area (Å²) < 4.78 is 11.4. The van der Waals surface area contributed by atoms with Gasteiger partial charge >= 0.3 is 6.09 Å². The maximum atomic E-state index is 12.5. The molecule has 168 valence electrons. The van der Waals surface area contributed by atoms with Gasteiger partial charge in [-0.1, -0.05) is 6.07 Å². The van der Waals surface area contributed by atoms with Crippen LogP contribution in [0.4, 0.5) is 4.79 Å². The predicted octanol–water partition coefficient (Wildman–Crippen LogP) is 4.93. The molecule has 32 heavy (non-hydrogen) atoms. The second-order valence-electron chi connectivity index (χ2n) is 9.24. The minimum Gasteiger partial charge on any atom is -0.507 e. The largest absolute Gasteiger partial charge is 0.507 e. The molecule has 7 heteroatoms. The van der Waals surface area contributed by atoms with Gasteiger partial charge in [0.05, 0.1) is 24.5 Å². The number of fused-ring (bicyclic) bond motifs is 1. The molecule has 0 saturated carbocycles. The van der Waals surface area contributed by atoms with Crippen molar-refractivity contribution < 1.29 is 19.4 Å². The smallest absolute Gasteiger partial charge is 0.410 e. The SMILES string of the molecule is Cc1cc(C)c(-c2ccc3ccc([C@H]4CN(C(=O)OC(C)(C)C)CCO4)nc3n2)c(O)c1. The van der Waals surface area contributed by atoms with Gasteiger partial charge < -0.3 is 19.5 Å². The van der Waals surface area contributed by atoms with E-state index < -0.39 is 5.60 Å². The number of aromatic nitrogens is 2. The maximum absolute atomic E-state index is 12.5. The summed E-state index contributed by atoms with van der Waals surface area (Å²) in [5.41, 5.74) is 4.04. The molecule has 1 fully saturated rings. The molecule has 7 nitrogen and oxygen atoms in total. The van der Waals surface area contributed by atoms with Crippen LogP contribution in [0.3, 0.4) is 0 Å². The molecular formula is C25H29N3O4. The average Bonchev–Trinajstić information content (AvgIpc) is 2.71.